The molecule has 0 atom stereocenters. The third-order valence-corrected chi connectivity index (χ3v) is 0. The van der Waals surface area contributed by atoms with Crippen molar-refractivity contribution in [2.75, 3.05) is 0 Å². The van der Waals surface area contributed by atoms with Crippen LogP contribution in [0.3, 0.4) is 0 Å². The van der Waals surface area contributed by atoms with E-state index in [0.717, 1.165) is 0 Å². The van der Waals surface area contributed by atoms with Gasteiger partial charge in [0.1, 0.15) is 0 Å². The van der Waals surface area contributed by atoms with Gasteiger partial charge in [-0.1, -0.05) is 0 Å². The minimum absolute atomic E-state index is 0. The van der Waals surface area contributed by atoms with E-state index in [1.54, 1.807) is 0 Å². The van der Waals surface area contributed by atoms with E-state index in [9.17, 15) is 0 Å². The Kier molecular flexibility index (Phi) is 633. The van der Waals surface area contributed by atoms with E-state index in [1.807, 2.05) is 0 Å². The van der Waals surface area contributed by atoms with Crippen LogP contribution in [0.15, 0.2) is 0 Å². The molecule has 0 N–H and O–H groups in total. The van der Waals surface area contributed by atoms with Crippen LogP contribution < -0.4 is 12.4 Å². The Balaban J connectivity index is 0. The summed E-state index contributed by atoms with van der Waals surface area (Å²) in [5.74, 6) is 0. The Morgan fingerprint density at radius 2 is 0.750 bits per heavy atom. The molecule has 0 aromatic carbocycles. The molecule has 0 spiro atoms. The van der Waals surface area contributed by atoms with E-state index in [1.165, 1.54) is 0 Å². The summed E-state index contributed by atoms with van der Waals surface area (Å²) in [5.41, 5.74) is 0. The second-order valence-corrected chi connectivity index (χ2v) is 0. The van der Waals surface area contributed by atoms with E-state index >= 15 is 0 Å². The maximum atomic E-state index is 0. The molecule has 2 heteroatoms. The summed E-state index contributed by atoms with van der Waals surface area (Å²) in [6, 6.07) is 0. The van der Waals surface area contributed by atoms with Gasteiger partial charge in [-0.3, -0.25) is 0 Å². The molecule has 0 heterocycles. The normalized spacial score (nSPS) is 0. The van der Waals surface area contributed by atoms with E-state index in [0.29, 0.717) is 0 Å². The van der Waals surface area contributed by atoms with Gasteiger partial charge in [-0.25, -0.2) is 0 Å². The second kappa shape index (κ2) is 34.0. The van der Waals surface area contributed by atoms with Crippen LogP contribution in [0.25, 0.3) is 0 Å². The van der Waals surface area contributed by atoms with Crippen molar-refractivity contribution in [2.24, 2.45) is 0 Å². The quantitative estimate of drug-likeness (QED) is 0.228. The van der Waals surface area contributed by atoms with Crippen LogP contribution in [0.1, 0.15) is 0 Å². The van der Waals surface area contributed by atoms with Crippen LogP contribution in [-0.2, 0) is 0 Å². The van der Waals surface area contributed by atoms with Crippen LogP contribution in [0, 0.1) is 14.9 Å². The minimum atomic E-state index is 0. The fourth-order valence-corrected chi connectivity index (χ4v) is 0. The summed E-state index contributed by atoms with van der Waals surface area (Å²) in [5, 5.41) is 0. The van der Waals surface area contributed by atoms with Gasteiger partial charge in [-0.2, -0.15) is 0 Å². The Bertz CT molecular complexity index is 6.00. The van der Waals surface area contributed by atoms with Gasteiger partial charge in [-0.15, -0.1) is 0 Å². The fraction of sp³-hybridized carbons (Fsp3) is 0. The zero-order valence-electron chi connectivity index (χ0n) is 3.09. The van der Waals surface area contributed by atoms with E-state index < -0.39 is 0 Å². The molecular weight excluding hydrogens is 83.8 g/mol. The molecule has 0 fully saturated rings. The first-order chi connectivity index (χ1) is 0. The largest absolute Gasteiger partial charge is 2.00 e. The molecule has 0 amide bonds. The fourth-order valence-electron chi connectivity index (χ4n) is 0. The van der Waals surface area contributed by atoms with Gasteiger partial charge in [0, 0.05) is 0 Å². The molecule has 4 heavy (non-hydrogen) atoms. The first-order valence-electron chi connectivity index (χ1n) is 0. The average molecular weight is 89.8 g/mol. The van der Waals surface area contributed by atoms with Crippen molar-refractivity contribution in [1.82, 2.24) is 0 Å². The average Bonchev–Trinajstić information content (AvgIpc) is 0. The van der Waals surface area contributed by atoms with Crippen molar-refractivity contribution >= 4 is 23.1 Å². The second-order valence-electron chi connectivity index (χ2n) is 0. The smallest absolute Gasteiger partial charge is 1.00 e. The zero-order valence-corrected chi connectivity index (χ0v) is 5.26. The van der Waals surface area contributed by atoms with E-state index in [-0.39, 0.29) is 50.3 Å². The Labute approximate surface area is 50.5 Å². The first kappa shape index (κ1) is 74.6. The monoisotopic (exact) mass is 89.0 g/mol. The van der Waals surface area contributed by atoms with Gasteiger partial charge in [0.2, 0.25) is 0 Å². The van der Waals surface area contributed by atoms with Gasteiger partial charge in [0.05, 0.1) is 0 Å². The van der Waals surface area contributed by atoms with Crippen molar-refractivity contribution in [3.05, 3.63) is 14.9 Å². The number of hydrogen-bond acceptors (Lipinski definition) is 0. The van der Waals surface area contributed by atoms with Crippen LogP contribution in [0.5, 0.6) is 0 Å². The predicted molar refractivity (Wildman–Crippen MR) is 18.6 cm³/mol. The van der Waals surface area contributed by atoms with Crippen LogP contribution in [0.4, 0.5) is 0 Å². The molecular formula is C2H6ClMg-. The van der Waals surface area contributed by atoms with Gasteiger partial charge in [-0.05, 0) is 0 Å². The van der Waals surface area contributed by atoms with Crippen molar-refractivity contribution in [2.45, 2.75) is 0 Å². The molecule has 0 radical (unpaired) electrons. The standard InChI is InChI=1S/2CH3.ClH.Mg/h2*1H3;1H;/q2*-1;;+2/p-1. The SMILES string of the molecule is [CH3-].[CH3-].[Cl-].[Mg+2]. The van der Waals surface area contributed by atoms with Crippen molar-refractivity contribution in [3.8, 4) is 0 Å². The Hall–Kier alpha value is 1.06. The van der Waals surface area contributed by atoms with Gasteiger partial charge >= 0.3 is 23.1 Å². The topological polar surface area (TPSA) is 0 Å². The maximum absolute atomic E-state index is 0. The molecule has 0 saturated carbocycles. The van der Waals surface area contributed by atoms with Crippen molar-refractivity contribution in [3.63, 3.8) is 0 Å². The van der Waals surface area contributed by atoms with E-state index in [4.69, 9.17) is 0 Å². The molecule has 0 nitrogen and oxygen atoms in total. The molecule has 0 bridgehead atoms. The summed E-state index contributed by atoms with van der Waals surface area (Å²) < 4.78 is 0. The molecule has 0 aliphatic carbocycles. The Morgan fingerprint density at radius 1 is 0.750 bits per heavy atom. The van der Waals surface area contributed by atoms with Crippen molar-refractivity contribution in [1.29, 1.82) is 0 Å². The maximum Gasteiger partial charge on any atom is 2.00 e. The number of rotatable bonds is 0. The summed E-state index contributed by atoms with van der Waals surface area (Å²) in [7, 11) is 0. The summed E-state index contributed by atoms with van der Waals surface area (Å²) in [6.07, 6.45) is 0. The molecule has 0 aliphatic heterocycles. The first-order valence-corrected chi connectivity index (χ1v) is 0. The zero-order chi connectivity index (χ0) is 0. The summed E-state index contributed by atoms with van der Waals surface area (Å²) in [6.45, 7) is 0. The molecule has 0 rings (SSSR count). The van der Waals surface area contributed by atoms with Gasteiger partial charge in [0.15, 0.2) is 0 Å². The molecule has 0 unspecified atom stereocenters. The van der Waals surface area contributed by atoms with Crippen LogP contribution >= 0.6 is 0 Å². The third-order valence-electron chi connectivity index (χ3n) is 0. The van der Waals surface area contributed by atoms with Crippen LogP contribution in [-0.4, -0.2) is 23.1 Å². The summed E-state index contributed by atoms with van der Waals surface area (Å²) >= 11 is 0. The molecule has 24 valence electrons. The number of halogens is 1. The molecule has 0 aromatic heterocycles. The van der Waals surface area contributed by atoms with E-state index in [2.05, 4.69) is 0 Å². The number of hydrogen-bond donors (Lipinski definition) is 0. The van der Waals surface area contributed by atoms with Crippen molar-refractivity contribution < 1.29 is 12.4 Å². The Morgan fingerprint density at radius 3 is 0.750 bits per heavy atom. The van der Waals surface area contributed by atoms with Gasteiger partial charge < -0.3 is 27.3 Å². The molecule has 0 aromatic rings. The molecule has 0 saturated heterocycles. The van der Waals surface area contributed by atoms with Gasteiger partial charge in [0.25, 0.3) is 0 Å². The minimum Gasteiger partial charge on any atom is -1.00 e. The van der Waals surface area contributed by atoms with Crippen LogP contribution in [0.2, 0.25) is 0 Å². The third kappa shape index (κ3) is 11.6. The predicted octanol–water partition coefficient (Wildman–Crippen LogP) is -2.48. The summed E-state index contributed by atoms with van der Waals surface area (Å²) in [4.78, 5) is 0. The molecule has 0 aliphatic rings.